The molecular formula is C22H23N5O4S. The van der Waals surface area contributed by atoms with Gasteiger partial charge in [0, 0.05) is 36.8 Å². The van der Waals surface area contributed by atoms with Crippen LogP contribution in [0.5, 0.6) is 0 Å². The maximum absolute atomic E-state index is 12.8. The van der Waals surface area contributed by atoms with Crippen LogP contribution in [0.2, 0.25) is 0 Å². The summed E-state index contributed by atoms with van der Waals surface area (Å²) in [6.45, 7) is 3.49. The van der Waals surface area contributed by atoms with Gasteiger partial charge in [0.1, 0.15) is 5.69 Å². The highest BCUT2D eigenvalue weighted by Crippen LogP contribution is 2.32. The van der Waals surface area contributed by atoms with Crippen molar-refractivity contribution in [1.82, 2.24) is 4.98 Å². The predicted molar refractivity (Wildman–Crippen MR) is 126 cm³/mol. The molecule has 0 bridgehead atoms. The lowest BCUT2D eigenvalue weighted by molar-refractivity contribution is -0.384. The summed E-state index contributed by atoms with van der Waals surface area (Å²) >= 11 is 1.32. The maximum Gasteiger partial charge on any atom is 0.293 e. The Morgan fingerprint density at radius 3 is 2.66 bits per heavy atom. The third kappa shape index (κ3) is 4.70. The zero-order valence-electron chi connectivity index (χ0n) is 17.6. The SMILES string of the molecule is CCCC(=O)Nc1nc2ccc(NC(=O)c3ccc(N4CCCC4)c([N+](=O)[O-])c3)cc2s1. The molecule has 0 aliphatic carbocycles. The average molecular weight is 454 g/mol. The van der Waals surface area contributed by atoms with E-state index in [2.05, 4.69) is 15.6 Å². The quantitative estimate of drug-likeness (QED) is 0.392. The molecule has 0 atom stereocenters. The molecule has 1 aliphatic heterocycles. The van der Waals surface area contributed by atoms with Crippen molar-refractivity contribution in [3.8, 4) is 0 Å². The van der Waals surface area contributed by atoms with E-state index in [1.165, 1.54) is 17.4 Å². The fourth-order valence-electron chi connectivity index (χ4n) is 3.70. The van der Waals surface area contributed by atoms with E-state index in [0.717, 1.165) is 37.1 Å². The molecule has 2 amide bonds. The minimum Gasteiger partial charge on any atom is -0.366 e. The van der Waals surface area contributed by atoms with Gasteiger partial charge in [0.25, 0.3) is 11.6 Å². The number of nitro groups is 1. The molecule has 2 heterocycles. The molecule has 0 unspecified atom stereocenters. The molecule has 0 radical (unpaired) electrons. The van der Waals surface area contributed by atoms with Crippen LogP contribution in [-0.2, 0) is 4.79 Å². The molecule has 1 saturated heterocycles. The summed E-state index contributed by atoms with van der Waals surface area (Å²) in [6.07, 6.45) is 3.19. The van der Waals surface area contributed by atoms with Crippen molar-refractivity contribution in [3.05, 3.63) is 52.1 Å². The van der Waals surface area contributed by atoms with Gasteiger partial charge >= 0.3 is 0 Å². The lowest BCUT2D eigenvalue weighted by Gasteiger charge is -2.17. The van der Waals surface area contributed by atoms with Crippen LogP contribution in [0.1, 0.15) is 43.0 Å². The molecule has 3 aromatic rings. The molecule has 1 fully saturated rings. The number of rotatable bonds is 7. The van der Waals surface area contributed by atoms with Crippen LogP contribution in [-0.4, -0.2) is 34.8 Å². The van der Waals surface area contributed by atoms with E-state index in [-0.39, 0.29) is 17.2 Å². The van der Waals surface area contributed by atoms with Crippen molar-refractivity contribution in [3.63, 3.8) is 0 Å². The minimum atomic E-state index is -0.442. The Morgan fingerprint density at radius 1 is 1.16 bits per heavy atom. The molecule has 4 rings (SSSR count). The first-order valence-electron chi connectivity index (χ1n) is 10.5. The molecular weight excluding hydrogens is 430 g/mol. The number of amides is 2. The summed E-state index contributed by atoms with van der Waals surface area (Å²) in [4.78, 5) is 42.1. The number of thiazole rings is 1. The second-order valence-corrected chi connectivity index (χ2v) is 8.64. The second kappa shape index (κ2) is 9.31. The zero-order chi connectivity index (χ0) is 22.7. The summed E-state index contributed by atoms with van der Waals surface area (Å²) in [7, 11) is 0. The number of nitrogens with one attached hydrogen (secondary N) is 2. The molecule has 1 aliphatic rings. The van der Waals surface area contributed by atoms with Gasteiger partial charge in [0.05, 0.1) is 15.1 Å². The number of aromatic nitrogens is 1. The van der Waals surface area contributed by atoms with Crippen molar-refractivity contribution in [1.29, 1.82) is 0 Å². The molecule has 2 N–H and O–H groups in total. The van der Waals surface area contributed by atoms with E-state index in [4.69, 9.17) is 0 Å². The van der Waals surface area contributed by atoms with Gasteiger partial charge in [0.2, 0.25) is 5.91 Å². The van der Waals surface area contributed by atoms with Gasteiger partial charge in [-0.2, -0.15) is 0 Å². The third-order valence-corrected chi connectivity index (χ3v) is 6.18. The van der Waals surface area contributed by atoms with Crippen molar-refractivity contribution in [2.24, 2.45) is 0 Å². The van der Waals surface area contributed by atoms with Crippen molar-refractivity contribution < 1.29 is 14.5 Å². The standard InChI is InChI=1S/C22H23N5O4S/c1-2-5-20(28)25-22-24-16-8-7-15(13-19(16)32-22)23-21(29)14-6-9-17(18(12-14)27(30)31)26-10-3-4-11-26/h6-9,12-13H,2-5,10-11H2,1H3,(H,23,29)(H,24,25,28). The van der Waals surface area contributed by atoms with Crippen molar-refractivity contribution in [2.75, 3.05) is 28.6 Å². The van der Waals surface area contributed by atoms with Crippen molar-refractivity contribution in [2.45, 2.75) is 32.6 Å². The Balaban J connectivity index is 1.52. The summed E-state index contributed by atoms with van der Waals surface area (Å²) in [6, 6.07) is 9.84. The summed E-state index contributed by atoms with van der Waals surface area (Å²) in [5, 5.41) is 17.7. The fraction of sp³-hybridized carbons (Fsp3) is 0.318. The van der Waals surface area contributed by atoms with Crippen LogP contribution < -0.4 is 15.5 Å². The highest BCUT2D eigenvalue weighted by atomic mass is 32.1. The molecule has 1 aromatic heterocycles. The number of nitrogens with zero attached hydrogens (tertiary/aromatic N) is 3. The summed E-state index contributed by atoms with van der Waals surface area (Å²) < 4.78 is 0.810. The number of benzene rings is 2. The van der Waals surface area contributed by atoms with Crippen LogP contribution >= 0.6 is 11.3 Å². The maximum atomic E-state index is 12.8. The number of carbonyl (C=O) groups excluding carboxylic acids is 2. The van der Waals surface area contributed by atoms with E-state index in [9.17, 15) is 19.7 Å². The van der Waals surface area contributed by atoms with Gasteiger partial charge in [-0.1, -0.05) is 18.3 Å². The Kier molecular flexibility index (Phi) is 6.31. The summed E-state index contributed by atoms with van der Waals surface area (Å²) in [5.41, 5.74) is 1.96. The number of hydrogen-bond acceptors (Lipinski definition) is 7. The highest BCUT2D eigenvalue weighted by Gasteiger charge is 2.24. The summed E-state index contributed by atoms with van der Waals surface area (Å²) in [5.74, 6) is -0.513. The first-order valence-corrected chi connectivity index (χ1v) is 11.3. The lowest BCUT2D eigenvalue weighted by atomic mass is 10.1. The fourth-order valence-corrected chi connectivity index (χ4v) is 4.63. The number of anilines is 3. The van der Waals surface area contributed by atoms with Crippen LogP contribution in [0.3, 0.4) is 0 Å². The number of fused-ring (bicyclic) bond motifs is 1. The van der Waals surface area contributed by atoms with Gasteiger partial charge < -0.3 is 15.5 Å². The van der Waals surface area contributed by atoms with Crippen molar-refractivity contribution >= 4 is 55.6 Å². The van der Waals surface area contributed by atoms with Gasteiger partial charge in [-0.05, 0) is 49.6 Å². The smallest absolute Gasteiger partial charge is 0.293 e. The molecule has 0 saturated carbocycles. The van der Waals surface area contributed by atoms with Crippen LogP contribution in [0.25, 0.3) is 10.2 Å². The van der Waals surface area contributed by atoms with Crippen LogP contribution in [0.4, 0.5) is 22.2 Å². The highest BCUT2D eigenvalue weighted by molar-refractivity contribution is 7.22. The van der Waals surface area contributed by atoms with Gasteiger partial charge in [-0.15, -0.1) is 0 Å². The normalized spacial score (nSPS) is 13.3. The van der Waals surface area contributed by atoms with Gasteiger partial charge in [0.15, 0.2) is 5.13 Å². The number of nitro benzene ring substituents is 1. The first-order chi connectivity index (χ1) is 15.4. The minimum absolute atomic E-state index is 0.0649. The van der Waals surface area contributed by atoms with Crippen LogP contribution in [0, 0.1) is 10.1 Å². The zero-order valence-corrected chi connectivity index (χ0v) is 18.4. The molecule has 2 aromatic carbocycles. The molecule has 166 valence electrons. The Labute approximate surface area is 188 Å². The predicted octanol–water partition coefficient (Wildman–Crippen LogP) is 4.80. The monoisotopic (exact) mass is 453 g/mol. The lowest BCUT2D eigenvalue weighted by Crippen LogP contribution is -2.19. The third-order valence-electron chi connectivity index (χ3n) is 5.25. The largest absolute Gasteiger partial charge is 0.366 e. The van der Waals surface area contributed by atoms with E-state index in [1.54, 1.807) is 30.3 Å². The average Bonchev–Trinajstić information content (AvgIpc) is 3.42. The molecule has 32 heavy (non-hydrogen) atoms. The Hall–Kier alpha value is -3.53. The van der Waals surface area contributed by atoms with Gasteiger partial charge in [-0.3, -0.25) is 19.7 Å². The molecule has 9 nitrogen and oxygen atoms in total. The van der Waals surface area contributed by atoms with E-state index < -0.39 is 10.8 Å². The Morgan fingerprint density at radius 2 is 1.94 bits per heavy atom. The Bertz CT molecular complexity index is 1190. The van der Waals surface area contributed by atoms with Crippen LogP contribution in [0.15, 0.2) is 36.4 Å². The molecule has 10 heteroatoms. The van der Waals surface area contributed by atoms with E-state index >= 15 is 0 Å². The van der Waals surface area contributed by atoms with E-state index in [0.29, 0.717) is 28.4 Å². The topological polar surface area (TPSA) is 117 Å². The number of hydrogen-bond donors (Lipinski definition) is 2. The number of carbonyl (C=O) groups is 2. The second-order valence-electron chi connectivity index (χ2n) is 7.61. The first kappa shape index (κ1) is 21.7. The van der Waals surface area contributed by atoms with E-state index in [1.807, 2.05) is 11.8 Å². The van der Waals surface area contributed by atoms with Gasteiger partial charge in [-0.25, -0.2) is 4.98 Å². The molecule has 0 spiro atoms.